The number of phenolic OH excluding ortho intramolecular Hbond substituents is 2. The van der Waals surface area contributed by atoms with Crippen molar-refractivity contribution in [2.75, 3.05) is 11.5 Å². The van der Waals surface area contributed by atoms with E-state index in [1.165, 1.54) is 30.3 Å². The third-order valence-corrected chi connectivity index (χ3v) is 3.79. The number of nitrogen functional groups attached to an aromatic ring is 2. The van der Waals surface area contributed by atoms with Gasteiger partial charge in [-0.2, -0.15) is 0 Å². The highest BCUT2D eigenvalue weighted by Crippen LogP contribution is 2.28. The Balaban J connectivity index is 2.41. The number of rotatable bonds is 2. The van der Waals surface area contributed by atoms with Crippen molar-refractivity contribution in [1.29, 1.82) is 0 Å². The minimum atomic E-state index is -1.49. The van der Waals surface area contributed by atoms with Crippen LogP contribution in [0.3, 0.4) is 0 Å². The fourth-order valence-electron chi connectivity index (χ4n) is 1.42. The molecule has 0 saturated carbocycles. The third kappa shape index (κ3) is 2.23. The Morgan fingerprint density at radius 3 is 2.06 bits per heavy atom. The molecule has 1 atom stereocenters. The van der Waals surface area contributed by atoms with Crippen LogP contribution >= 0.6 is 0 Å². The van der Waals surface area contributed by atoms with Gasteiger partial charge in [0.2, 0.25) is 0 Å². The lowest BCUT2D eigenvalue weighted by atomic mass is 10.3. The highest BCUT2D eigenvalue weighted by atomic mass is 32.2. The maximum atomic E-state index is 12.2. The molecule has 2 aromatic rings. The van der Waals surface area contributed by atoms with E-state index in [4.69, 9.17) is 11.5 Å². The van der Waals surface area contributed by atoms with Gasteiger partial charge >= 0.3 is 0 Å². The monoisotopic (exact) mass is 264 g/mol. The van der Waals surface area contributed by atoms with Crippen LogP contribution in [0.4, 0.5) is 11.4 Å². The highest BCUT2D eigenvalue weighted by molar-refractivity contribution is 7.85. The van der Waals surface area contributed by atoms with E-state index >= 15 is 0 Å². The molecule has 2 aromatic carbocycles. The van der Waals surface area contributed by atoms with Gasteiger partial charge in [0.1, 0.15) is 11.5 Å². The number of hydrogen-bond donors (Lipinski definition) is 4. The van der Waals surface area contributed by atoms with Crippen molar-refractivity contribution in [3.05, 3.63) is 36.4 Å². The molecule has 0 heterocycles. The van der Waals surface area contributed by atoms with Gasteiger partial charge in [0.25, 0.3) is 0 Å². The molecule has 0 aliphatic rings. The Labute approximate surface area is 106 Å². The molecule has 6 N–H and O–H groups in total. The van der Waals surface area contributed by atoms with Crippen LogP contribution in [0.15, 0.2) is 46.2 Å². The highest BCUT2D eigenvalue weighted by Gasteiger charge is 2.10. The average Bonchev–Trinajstić information content (AvgIpc) is 2.35. The quantitative estimate of drug-likeness (QED) is 0.484. The summed E-state index contributed by atoms with van der Waals surface area (Å²) in [6.45, 7) is 0. The van der Waals surface area contributed by atoms with Crippen LogP contribution in [-0.2, 0) is 10.8 Å². The molecule has 1 unspecified atom stereocenters. The van der Waals surface area contributed by atoms with Gasteiger partial charge in [0.05, 0.1) is 22.2 Å². The van der Waals surface area contributed by atoms with Gasteiger partial charge in [-0.1, -0.05) is 0 Å². The van der Waals surface area contributed by atoms with Gasteiger partial charge in [-0.05, 0) is 36.4 Å². The summed E-state index contributed by atoms with van der Waals surface area (Å²) in [5, 5.41) is 18.8. The molecule has 0 spiro atoms. The van der Waals surface area contributed by atoms with Crippen molar-refractivity contribution in [2.45, 2.75) is 9.79 Å². The Morgan fingerprint density at radius 2 is 1.44 bits per heavy atom. The van der Waals surface area contributed by atoms with E-state index in [0.717, 1.165) is 0 Å². The first-order valence-corrected chi connectivity index (χ1v) is 6.23. The number of phenols is 2. The van der Waals surface area contributed by atoms with Gasteiger partial charge in [0.15, 0.2) is 0 Å². The lowest BCUT2D eigenvalue weighted by Gasteiger charge is -2.06. The SMILES string of the molecule is Nc1cc(S(=O)c2ccc(N)c(O)c2)ccc1O. The summed E-state index contributed by atoms with van der Waals surface area (Å²) in [6.07, 6.45) is 0. The molecular formula is C12H12N2O3S. The molecule has 0 aliphatic heterocycles. The van der Waals surface area contributed by atoms with Crippen molar-refractivity contribution in [3.63, 3.8) is 0 Å². The molecule has 0 radical (unpaired) electrons. The molecule has 6 heteroatoms. The number of hydrogen-bond acceptors (Lipinski definition) is 5. The third-order valence-electron chi connectivity index (χ3n) is 2.43. The van der Waals surface area contributed by atoms with Crippen LogP contribution in [0.2, 0.25) is 0 Å². The zero-order valence-corrected chi connectivity index (χ0v) is 10.1. The fourth-order valence-corrected chi connectivity index (χ4v) is 2.53. The van der Waals surface area contributed by atoms with Crippen molar-refractivity contribution < 1.29 is 14.4 Å². The predicted octanol–water partition coefficient (Wildman–Crippen LogP) is 1.43. The standard InChI is InChI=1S/C12H12N2O3S/c13-9-3-1-8(6-12(9)16)18(17)7-2-4-11(15)10(14)5-7/h1-6,15-16H,13-14H2. The van der Waals surface area contributed by atoms with E-state index in [2.05, 4.69) is 0 Å². The Kier molecular flexibility index (Phi) is 3.12. The van der Waals surface area contributed by atoms with Crippen LogP contribution in [0.1, 0.15) is 0 Å². The summed E-state index contributed by atoms with van der Waals surface area (Å²) < 4.78 is 12.2. The van der Waals surface area contributed by atoms with E-state index in [1.54, 1.807) is 6.07 Å². The van der Waals surface area contributed by atoms with Gasteiger partial charge in [0, 0.05) is 9.79 Å². The summed E-state index contributed by atoms with van der Waals surface area (Å²) in [7, 11) is -1.49. The molecule has 94 valence electrons. The molecule has 18 heavy (non-hydrogen) atoms. The first-order chi connectivity index (χ1) is 8.49. The summed E-state index contributed by atoms with van der Waals surface area (Å²) >= 11 is 0. The lowest BCUT2D eigenvalue weighted by Crippen LogP contribution is -1.96. The number of benzene rings is 2. The van der Waals surface area contributed by atoms with E-state index in [-0.39, 0.29) is 22.9 Å². The van der Waals surface area contributed by atoms with E-state index in [1.807, 2.05) is 0 Å². The molecule has 0 fully saturated rings. The molecule has 0 aliphatic carbocycles. The van der Waals surface area contributed by atoms with Crippen LogP contribution in [0.5, 0.6) is 11.5 Å². The summed E-state index contributed by atoms with van der Waals surface area (Å²) in [5.74, 6) is -0.177. The number of nitrogens with two attached hydrogens (primary N) is 2. The summed E-state index contributed by atoms with van der Waals surface area (Å²) in [6, 6.07) is 8.70. The second-order valence-electron chi connectivity index (χ2n) is 3.71. The van der Waals surface area contributed by atoms with Crippen molar-refractivity contribution >= 4 is 22.2 Å². The van der Waals surface area contributed by atoms with Crippen LogP contribution < -0.4 is 11.5 Å². The zero-order chi connectivity index (χ0) is 13.3. The molecule has 0 bridgehead atoms. The fraction of sp³-hybridized carbons (Fsp3) is 0. The molecule has 2 rings (SSSR count). The van der Waals surface area contributed by atoms with E-state index in [9.17, 15) is 14.4 Å². The average molecular weight is 264 g/mol. The molecule has 0 aromatic heterocycles. The minimum Gasteiger partial charge on any atom is -0.506 e. The largest absolute Gasteiger partial charge is 0.506 e. The maximum Gasteiger partial charge on any atom is 0.139 e. The van der Waals surface area contributed by atoms with Gasteiger partial charge < -0.3 is 21.7 Å². The summed E-state index contributed by atoms with van der Waals surface area (Å²) in [4.78, 5) is 0.848. The van der Waals surface area contributed by atoms with Crippen molar-refractivity contribution in [3.8, 4) is 11.5 Å². The smallest absolute Gasteiger partial charge is 0.139 e. The van der Waals surface area contributed by atoms with Gasteiger partial charge in [-0.15, -0.1) is 0 Å². The van der Waals surface area contributed by atoms with Gasteiger partial charge in [-0.25, -0.2) is 4.21 Å². The molecular weight excluding hydrogens is 252 g/mol. The van der Waals surface area contributed by atoms with Crippen molar-refractivity contribution in [2.24, 2.45) is 0 Å². The molecule has 0 saturated heterocycles. The van der Waals surface area contributed by atoms with Gasteiger partial charge in [-0.3, -0.25) is 0 Å². The lowest BCUT2D eigenvalue weighted by molar-refractivity contribution is 0.476. The molecule has 5 nitrogen and oxygen atoms in total. The predicted molar refractivity (Wildman–Crippen MR) is 69.7 cm³/mol. The summed E-state index contributed by atoms with van der Waals surface area (Å²) in [5.41, 5.74) is 11.4. The number of aromatic hydroxyl groups is 2. The first-order valence-electron chi connectivity index (χ1n) is 5.08. The number of anilines is 2. The van der Waals surface area contributed by atoms with Crippen molar-refractivity contribution in [1.82, 2.24) is 0 Å². The Hall–Kier alpha value is -2.21. The second kappa shape index (κ2) is 4.58. The Morgan fingerprint density at radius 1 is 0.833 bits per heavy atom. The second-order valence-corrected chi connectivity index (χ2v) is 5.19. The Bertz CT molecular complexity index is 575. The van der Waals surface area contributed by atoms with E-state index in [0.29, 0.717) is 9.79 Å². The zero-order valence-electron chi connectivity index (χ0n) is 9.33. The van der Waals surface area contributed by atoms with Crippen LogP contribution in [-0.4, -0.2) is 14.4 Å². The van der Waals surface area contributed by atoms with Crippen LogP contribution in [0, 0.1) is 0 Å². The minimum absolute atomic E-state index is 0.0593. The maximum absolute atomic E-state index is 12.2. The van der Waals surface area contributed by atoms with E-state index < -0.39 is 10.8 Å². The molecule has 0 amide bonds. The normalized spacial score (nSPS) is 12.2. The topological polar surface area (TPSA) is 110 Å². The van der Waals surface area contributed by atoms with Crippen LogP contribution in [0.25, 0.3) is 0 Å². The first kappa shape index (κ1) is 12.3.